The molecule has 0 aromatic rings. The number of carboxylic acid groups (broad SMARTS) is 1. The minimum atomic E-state index is -0.892. The summed E-state index contributed by atoms with van der Waals surface area (Å²) >= 11 is 5.70. The Balaban J connectivity index is 3.34. The quantitative estimate of drug-likeness (QED) is 0.729. The summed E-state index contributed by atoms with van der Waals surface area (Å²) in [5, 5.41) is 9.44. The Labute approximate surface area is 58.2 Å². The summed E-state index contributed by atoms with van der Waals surface area (Å²) in [6.45, 7) is 0. The maximum atomic E-state index is 9.82. The van der Waals surface area contributed by atoms with E-state index >= 15 is 0 Å². The molecule has 0 fully saturated rings. The largest absolute Gasteiger partial charge is 0.480 e. The van der Waals surface area contributed by atoms with E-state index in [9.17, 15) is 4.79 Å². The van der Waals surface area contributed by atoms with Crippen molar-refractivity contribution in [1.82, 2.24) is 0 Å². The highest BCUT2D eigenvalue weighted by Crippen LogP contribution is 2.07. The van der Waals surface area contributed by atoms with Crippen molar-refractivity contribution in [3.8, 4) is 0 Å². The molecule has 0 aromatic heterocycles. The van der Waals surface area contributed by atoms with Crippen molar-refractivity contribution in [2.24, 2.45) is 0 Å². The molecule has 1 atom stereocenters. The van der Waals surface area contributed by atoms with E-state index in [1.165, 1.54) is 5.33 Å². The van der Waals surface area contributed by atoms with Gasteiger partial charge in [0.15, 0.2) is 0 Å². The van der Waals surface area contributed by atoms with Crippen LogP contribution >= 0.6 is 31.9 Å². The first-order valence-electron chi connectivity index (χ1n) is 1.49. The van der Waals surface area contributed by atoms with Gasteiger partial charge < -0.3 is 5.11 Å². The Morgan fingerprint density at radius 3 is 2.29 bits per heavy atom. The SMILES string of the molecule is O=C(O)[C@H](Br)[CH]Br. The third-order valence-corrected chi connectivity index (χ3v) is 2.24. The number of aliphatic carboxylic acids is 1. The zero-order chi connectivity index (χ0) is 5.86. The average Bonchev–Trinajstić information content (AvgIpc) is 1.65. The molecule has 4 heteroatoms. The topological polar surface area (TPSA) is 37.3 Å². The summed E-state index contributed by atoms with van der Waals surface area (Å²) in [4.78, 5) is 9.25. The number of hydrogen-bond acceptors (Lipinski definition) is 1. The highest BCUT2D eigenvalue weighted by Gasteiger charge is 2.09. The van der Waals surface area contributed by atoms with Crippen LogP contribution in [0.4, 0.5) is 0 Å². The molecule has 0 aliphatic heterocycles. The second-order valence-electron chi connectivity index (χ2n) is 0.866. The molecule has 0 saturated carbocycles. The van der Waals surface area contributed by atoms with Crippen LogP contribution in [0, 0.1) is 5.33 Å². The van der Waals surface area contributed by atoms with Crippen LogP contribution in [-0.2, 0) is 4.79 Å². The van der Waals surface area contributed by atoms with Crippen molar-refractivity contribution < 1.29 is 9.90 Å². The van der Waals surface area contributed by atoms with Gasteiger partial charge in [-0.2, -0.15) is 0 Å². The molecular weight excluding hydrogens is 228 g/mol. The molecule has 1 radical (unpaired) electrons. The predicted molar refractivity (Wildman–Crippen MR) is 33.6 cm³/mol. The molecule has 0 rings (SSSR count). The number of hydrogen-bond donors (Lipinski definition) is 1. The monoisotopic (exact) mass is 229 g/mol. The van der Waals surface area contributed by atoms with E-state index in [0.29, 0.717) is 0 Å². The van der Waals surface area contributed by atoms with E-state index < -0.39 is 10.8 Å². The molecule has 0 spiro atoms. The van der Waals surface area contributed by atoms with Crippen LogP contribution in [0.5, 0.6) is 0 Å². The summed E-state index contributed by atoms with van der Waals surface area (Å²) in [6.07, 6.45) is 0. The van der Waals surface area contributed by atoms with Crippen LogP contribution in [0.1, 0.15) is 0 Å². The second kappa shape index (κ2) is 3.43. The number of carboxylic acids is 1. The lowest BCUT2D eigenvalue weighted by molar-refractivity contribution is -0.135. The standard InChI is InChI=1S/C3H3Br2O2/c4-1-2(5)3(6)7/h1-2H,(H,6,7)/t2-/m1/s1. The van der Waals surface area contributed by atoms with Crippen LogP contribution in [0.15, 0.2) is 0 Å². The molecular formula is C3H3Br2O2. The van der Waals surface area contributed by atoms with Crippen molar-refractivity contribution in [1.29, 1.82) is 0 Å². The average molecular weight is 231 g/mol. The predicted octanol–water partition coefficient (Wildman–Crippen LogP) is 1.39. The lowest BCUT2D eigenvalue weighted by Gasteiger charge is -1.92. The van der Waals surface area contributed by atoms with Crippen molar-refractivity contribution in [3.63, 3.8) is 0 Å². The third-order valence-electron chi connectivity index (χ3n) is 0.347. The summed E-state index contributed by atoms with van der Waals surface area (Å²) in [6, 6.07) is 0. The van der Waals surface area contributed by atoms with Gasteiger partial charge in [-0.3, -0.25) is 4.79 Å². The van der Waals surface area contributed by atoms with Gasteiger partial charge >= 0.3 is 5.97 Å². The Kier molecular flexibility index (Phi) is 3.65. The molecule has 1 N–H and O–H groups in total. The van der Waals surface area contributed by atoms with Crippen molar-refractivity contribution in [2.45, 2.75) is 4.83 Å². The van der Waals surface area contributed by atoms with Crippen LogP contribution in [-0.4, -0.2) is 15.9 Å². The van der Waals surface area contributed by atoms with Gasteiger partial charge in [0.05, 0.1) is 5.33 Å². The van der Waals surface area contributed by atoms with E-state index in [1.54, 1.807) is 0 Å². The van der Waals surface area contributed by atoms with Crippen molar-refractivity contribution in [3.05, 3.63) is 5.33 Å². The minimum absolute atomic E-state index is 0.576. The van der Waals surface area contributed by atoms with E-state index in [-0.39, 0.29) is 0 Å². The number of rotatable bonds is 2. The number of alkyl halides is 1. The van der Waals surface area contributed by atoms with Gasteiger partial charge in [0, 0.05) is 0 Å². The van der Waals surface area contributed by atoms with Crippen LogP contribution in [0.3, 0.4) is 0 Å². The first-order chi connectivity index (χ1) is 3.18. The molecule has 41 valence electrons. The summed E-state index contributed by atoms with van der Waals surface area (Å²) in [5.41, 5.74) is 0. The van der Waals surface area contributed by atoms with Gasteiger partial charge in [-0.15, -0.1) is 0 Å². The lowest BCUT2D eigenvalue weighted by atomic mass is 10.5. The van der Waals surface area contributed by atoms with Crippen LogP contribution < -0.4 is 0 Å². The normalized spacial score (nSPS) is 13.4. The third kappa shape index (κ3) is 3.05. The van der Waals surface area contributed by atoms with Gasteiger partial charge in [0.1, 0.15) is 4.83 Å². The Morgan fingerprint density at radius 2 is 2.29 bits per heavy atom. The Bertz CT molecular complexity index is 73.3. The van der Waals surface area contributed by atoms with Gasteiger partial charge in [-0.05, 0) is 0 Å². The molecule has 0 saturated heterocycles. The fourth-order valence-corrected chi connectivity index (χ4v) is 0.280. The van der Waals surface area contributed by atoms with E-state index in [2.05, 4.69) is 31.9 Å². The molecule has 7 heavy (non-hydrogen) atoms. The molecule has 0 heterocycles. The summed E-state index contributed by atoms with van der Waals surface area (Å²) in [5.74, 6) is -0.892. The Hall–Kier alpha value is 0.430. The van der Waals surface area contributed by atoms with E-state index in [0.717, 1.165) is 0 Å². The fraction of sp³-hybridized carbons (Fsp3) is 0.333. The van der Waals surface area contributed by atoms with Crippen LogP contribution in [0.25, 0.3) is 0 Å². The van der Waals surface area contributed by atoms with E-state index in [1.807, 2.05) is 0 Å². The molecule has 0 unspecified atom stereocenters. The van der Waals surface area contributed by atoms with Crippen molar-refractivity contribution >= 4 is 37.8 Å². The Morgan fingerprint density at radius 1 is 1.86 bits per heavy atom. The highest BCUT2D eigenvalue weighted by atomic mass is 79.9. The number of carbonyl (C=O) groups is 1. The van der Waals surface area contributed by atoms with Gasteiger partial charge in [0.2, 0.25) is 0 Å². The zero-order valence-electron chi connectivity index (χ0n) is 3.27. The first kappa shape index (κ1) is 7.43. The lowest BCUT2D eigenvalue weighted by Crippen LogP contribution is -2.09. The maximum Gasteiger partial charge on any atom is 0.318 e. The second-order valence-corrected chi connectivity index (χ2v) is 2.38. The molecule has 0 aliphatic carbocycles. The first-order valence-corrected chi connectivity index (χ1v) is 3.32. The number of halogens is 2. The zero-order valence-corrected chi connectivity index (χ0v) is 6.44. The smallest absolute Gasteiger partial charge is 0.318 e. The van der Waals surface area contributed by atoms with E-state index in [4.69, 9.17) is 5.11 Å². The van der Waals surface area contributed by atoms with Gasteiger partial charge in [-0.1, -0.05) is 31.9 Å². The van der Waals surface area contributed by atoms with Gasteiger partial charge in [-0.25, -0.2) is 0 Å². The van der Waals surface area contributed by atoms with Crippen LogP contribution in [0.2, 0.25) is 0 Å². The molecule has 2 nitrogen and oxygen atoms in total. The maximum absolute atomic E-state index is 9.82. The summed E-state index contributed by atoms with van der Waals surface area (Å²) in [7, 11) is 0. The molecule has 0 bridgehead atoms. The van der Waals surface area contributed by atoms with Crippen molar-refractivity contribution in [2.75, 3.05) is 0 Å². The minimum Gasteiger partial charge on any atom is -0.480 e. The molecule has 0 amide bonds. The highest BCUT2D eigenvalue weighted by molar-refractivity contribution is 9.13. The van der Waals surface area contributed by atoms with Gasteiger partial charge in [0.25, 0.3) is 0 Å². The fourth-order valence-electron chi connectivity index (χ4n) is 0.0539. The molecule has 0 aliphatic rings. The summed E-state index contributed by atoms with van der Waals surface area (Å²) < 4.78 is 0. The molecule has 0 aromatic carbocycles.